The van der Waals surface area contributed by atoms with Crippen LogP contribution in [0.2, 0.25) is 0 Å². The van der Waals surface area contributed by atoms with Gasteiger partial charge in [0.1, 0.15) is 22.1 Å². The van der Waals surface area contributed by atoms with Crippen LogP contribution in [0, 0.1) is 11.6 Å². The van der Waals surface area contributed by atoms with Gasteiger partial charge in [0, 0.05) is 11.7 Å². The first-order valence-electron chi connectivity index (χ1n) is 5.93. The van der Waals surface area contributed by atoms with Crippen molar-refractivity contribution in [2.24, 2.45) is 0 Å². The van der Waals surface area contributed by atoms with Crippen LogP contribution in [0.15, 0.2) is 18.2 Å². The van der Waals surface area contributed by atoms with Crippen molar-refractivity contribution in [1.82, 2.24) is 0 Å². The normalized spacial score (nSPS) is 12.0. The molecule has 1 aromatic rings. The summed E-state index contributed by atoms with van der Waals surface area (Å²) < 4.78 is 31.3. The molecule has 0 unspecified atom stereocenters. The quantitative estimate of drug-likeness (QED) is 0.563. The van der Waals surface area contributed by atoms with E-state index in [1.165, 1.54) is 12.1 Å². The van der Waals surface area contributed by atoms with Crippen molar-refractivity contribution in [3.05, 3.63) is 35.4 Å². The van der Waals surface area contributed by atoms with E-state index in [-0.39, 0.29) is 5.60 Å². The molecule has 0 aliphatic heterocycles. The molecule has 0 saturated heterocycles. The summed E-state index contributed by atoms with van der Waals surface area (Å²) in [5, 5.41) is 0. The van der Waals surface area contributed by atoms with Gasteiger partial charge in [-0.15, -0.1) is 0 Å². The highest BCUT2D eigenvalue weighted by atomic mass is 28.2. The van der Waals surface area contributed by atoms with E-state index in [1.807, 2.05) is 0 Å². The van der Waals surface area contributed by atoms with Crippen LogP contribution in [-0.2, 0) is 10.8 Å². The number of rotatable bonds is 6. The maximum absolute atomic E-state index is 12.9. The summed E-state index contributed by atoms with van der Waals surface area (Å²) in [5.74, 6) is -0.994. The summed E-state index contributed by atoms with van der Waals surface area (Å²) in [6, 6.07) is 3.71. The third-order valence-corrected chi connectivity index (χ3v) is 4.07. The van der Waals surface area contributed by atoms with Gasteiger partial charge >= 0.3 is 0 Å². The van der Waals surface area contributed by atoms with Crippen LogP contribution in [-0.4, -0.2) is 16.1 Å². The number of hydrogen-bond donors (Lipinski definition) is 0. The fourth-order valence-electron chi connectivity index (χ4n) is 1.74. The Morgan fingerprint density at radius 2 is 1.71 bits per heavy atom. The van der Waals surface area contributed by atoms with Crippen LogP contribution < -0.4 is 0 Å². The van der Waals surface area contributed by atoms with Gasteiger partial charge in [-0.1, -0.05) is 6.42 Å². The van der Waals surface area contributed by atoms with Crippen LogP contribution >= 0.6 is 0 Å². The third kappa shape index (κ3) is 5.41. The number of hydrogen-bond acceptors (Lipinski definition) is 1. The molecule has 0 spiro atoms. The molecule has 0 aliphatic rings. The Balaban J connectivity index is 2.36. The lowest BCUT2D eigenvalue weighted by atomic mass is 9.99. The molecule has 0 saturated carbocycles. The Labute approximate surface area is 105 Å². The van der Waals surface area contributed by atoms with Gasteiger partial charge in [-0.25, -0.2) is 8.78 Å². The fraction of sp³-hybridized carbons (Fsp3) is 0.538. The lowest BCUT2D eigenvalue weighted by Gasteiger charge is -2.23. The molecule has 0 radical (unpaired) electrons. The Bertz CT molecular complexity index is 346. The van der Waals surface area contributed by atoms with E-state index in [0.717, 1.165) is 41.4 Å². The summed E-state index contributed by atoms with van der Waals surface area (Å²) in [5.41, 5.74) is 0.673. The third-order valence-electron chi connectivity index (χ3n) is 2.97. The van der Waals surface area contributed by atoms with E-state index in [0.29, 0.717) is 6.42 Å². The number of halogens is 2. The average Bonchev–Trinajstić information content (AvgIpc) is 2.23. The second kappa shape index (κ2) is 6.26. The highest BCUT2D eigenvalue weighted by Crippen LogP contribution is 2.18. The summed E-state index contributed by atoms with van der Waals surface area (Å²) >= 11 is 0. The van der Waals surface area contributed by atoms with Gasteiger partial charge in [0.2, 0.25) is 0 Å². The molecule has 1 nitrogen and oxygen atoms in total. The molecule has 0 atom stereocenters. The minimum Gasteiger partial charge on any atom is -0.423 e. The van der Waals surface area contributed by atoms with E-state index in [4.69, 9.17) is 4.43 Å². The maximum Gasteiger partial charge on any atom is 0.146 e. The van der Waals surface area contributed by atoms with Crippen LogP contribution in [0.1, 0.15) is 38.7 Å². The highest BCUT2D eigenvalue weighted by molar-refractivity contribution is 5.98. The largest absolute Gasteiger partial charge is 0.423 e. The smallest absolute Gasteiger partial charge is 0.146 e. The van der Waals surface area contributed by atoms with Gasteiger partial charge in [0.25, 0.3) is 0 Å². The minimum atomic E-state index is -0.497. The number of aryl methyl sites for hydroxylation is 1. The van der Waals surface area contributed by atoms with Crippen molar-refractivity contribution in [2.75, 3.05) is 0 Å². The van der Waals surface area contributed by atoms with Crippen molar-refractivity contribution >= 4 is 10.5 Å². The Kier molecular flexibility index (Phi) is 5.27. The van der Waals surface area contributed by atoms with Crippen molar-refractivity contribution in [3.8, 4) is 0 Å². The van der Waals surface area contributed by atoms with E-state index in [1.54, 1.807) is 0 Å². The molecule has 0 aliphatic carbocycles. The number of unbranched alkanes of at least 4 members (excludes halogenated alkanes) is 1. The molecule has 0 bridgehead atoms. The zero-order valence-electron chi connectivity index (χ0n) is 10.7. The van der Waals surface area contributed by atoms with Crippen molar-refractivity contribution in [2.45, 2.75) is 45.1 Å². The molecule has 0 amide bonds. The molecule has 0 heterocycles. The molecule has 96 valence electrons. The molecule has 0 aromatic heterocycles. The van der Waals surface area contributed by atoms with E-state index in [2.05, 4.69) is 13.8 Å². The van der Waals surface area contributed by atoms with E-state index < -0.39 is 11.6 Å². The van der Waals surface area contributed by atoms with Gasteiger partial charge in [0.15, 0.2) is 0 Å². The number of benzene rings is 1. The van der Waals surface area contributed by atoms with Gasteiger partial charge in [-0.2, -0.15) is 0 Å². The highest BCUT2D eigenvalue weighted by Gasteiger charge is 2.14. The fourth-order valence-corrected chi connectivity index (χ4v) is 1.94. The monoisotopic (exact) mass is 258 g/mol. The second-order valence-electron chi connectivity index (χ2n) is 4.95. The average molecular weight is 258 g/mol. The Morgan fingerprint density at radius 3 is 2.24 bits per heavy atom. The Morgan fingerprint density at radius 1 is 1.12 bits per heavy atom. The molecular formula is C13H20F2OSi. The topological polar surface area (TPSA) is 9.23 Å². The molecule has 4 heteroatoms. The van der Waals surface area contributed by atoms with Crippen molar-refractivity contribution < 1.29 is 13.2 Å². The van der Waals surface area contributed by atoms with Crippen LogP contribution in [0.3, 0.4) is 0 Å². The summed E-state index contributed by atoms with van der Waals surface area (Å²) in [6.45, 7) is 4.14. The predicted octanol–water partition coefficient (Wildman–Crippen LogP) is 2.75. The standard InChI is InChI=1S/C13H20F2OSi/c1-13(2,16-17)6-4-3-5-10-7-11(14)9-12(15)8-10/h7-9H,3-6H2,1-2,17H3. The van der Waals surface area contributed by atoms with Crippen LogP contribution in [0.4, 0.5) is 8.78 Å². The van der Waals surface area contributed by atoms with Gasteiger partial charge in [0.05, 0.1) is 0 Å². The predicted molar refractivity (Wildman–Crippen MR) is 69.0 cm³/mol. The van der Waals surface area contributed by atoms with E-state index in [9.17, 15) is 8.78 Å². The summed E-state index contributed by atoms with van der Waals surface area (Å²) in [7, 11) is 0.740. The first-order chi connectivity index (χ1) is 7.93. The molecule has 17 heavy (non-hydrogen) atoms. The van der Waals surface area contributed by atoms with Gasteiger partial charge in [-0.05, 0) is 50.8 Å². The SMILES string of the molecule is CC(C)(CCCCc1cc(F)cc(F)c1)O[SiH3]. The first kappa shape index (κ1) is 14.3. The molecule has 1 aromatic carbocycles. The van der Waals surface area contributed by atoms with Crippen LogP contribution in [0.5, 0.6) is 0 Å². The first-order valence-corrected chi connectivity index (χ1v) is 6.75. The van der Waals surface area contributed by atoms with Gasteiger partial charge < -0.3 is 4.43 Å². The Hall–Kier alpha value is -0.743. The minimum absolute atomic E-state index is 0.0561. The van der Waals surface area contributed by atoms with Crippen molar-refractivity contribution in [1.29, 1.82) is 0 Å². The summed E-state index contributed by atoms with van der Waals surface area (Å²) in [4.78, 5) is 0. The molecular weight excluding hydrogens is 238 g/mol. The lowest BCUT2D eigenvalue weighted by molar-refractivity contribution is 0.109. The maximum atomic E-state index is 12.9. The zero-order chi connectivity index (χ0) is 12.9. The van der Waals surface area contributed by atoms with E-state index >= 15 is 0 Å². The molecule has 0 N–H and O–H groups in total. The van der Waals surface area contributed by atoms with Crippen molar-refractivity contribution in [3.63, 3.8) is 0 Å². The zero-order valence-corrected chi connectivity index (χ0v) is 12.7. The second-order valence-corrected chi connectivity index (χ2v) is 5.36. The van der Waals surface area contributed by atoms with Crippen LogP contribution in [0.25, 0.3) is 0 Å². The summed E-state index contributed by atoms with van der Waals surface area (Å²) in [6.07, 6.45) is 3.63. The molecule has 1 rings (SSSR count). The van der Waals surface area contributed by atoms with Gasteiger partial charge in [-0.3, -0.25) is 0 Å². The lowest BCUT2D eigenvalue weighted by Crippen LogP contribution is -2.22. The molecule has 0 fully saturated rings.